The van der Waals surface area contributed by atoms with Gasteiger partial charge in [-0.1, -0.05) is 0 Å². The van der Waals surface area contributed by atoms with Crippen LogP contribution in [0.5, 0.6) is 0 Å². The molecule has 0 spiro atoms. The van der Waals surface area contributed by atoms with Crippen LogP contribution in [-0.4, -0.2) is 103 Å². The Morgan fingerprint density at radius 2 is 0.875 bits per heavy atom. The van der Waals surface area contributed by atoms with Crippen molar-refractivity contribution in [2.45, 2.75) is 0 Å². The van der Waals surface area contributed by atoms with E-state index >= 15 is 0 Å². The molecule has 0 aromatic rings. The van der Waals surface area contributed by atoms with Gasteiger partial charge in [0, 0.05) is 0 Å². The first-order valence-electron chi connectivity index (χ1n) is 0.783. The molecule has 0 atom stereocenters. The number of rotatable bonds is 0. The van der Waals surface area contributed by atoms with Crippen LogP contribution < -0.4 is 0 Å². The Labute approximate surface area is 119 Å². The van der Waals surface area contributed by atoms with Gasteiger partial charge in [-0.15, -0.1) is 0 Å². The van der Waals surface area contributed by atoms with E-state index in [0.717, 1.165) is 0 Å². The molecule has 0 heterocycles. The van der Waals surface area contributed by atoms with Gasteiger partial charge in [0.25, 0.3) is 0 Å². The minimum atomic E-state index is -3.81. The molecule has 0 aromatic carbocycles. The predicted molar refractivity (Wildman–Crippen MR) is 42.4 cm³/mol. The molecule has 0 rings (SSSR count). The molecule has 0 amide bonds. The molecule has 0 unspecified atom stereocenters. The molecule has 8 heavy (non-hydrogen) atoms. The zero-order valence-corrected chi connectivity index (χ0v) is 3.91. The first kappa shape index (κ1) is 22.5. The van der Waals surface area contributed by atoms with E-state index in [1.807, 2.05) is 0 Å². The molecular formula is H6Na3O3PS. The molecule has 0 bridgehead atoms. The van der Waals surface area contributed by atoms with Gasteiger partial charge in [-0.25, -0.2) is 0 Å². The predicted octanol–water partition coefficient (Wildman–Crippen LogP) is -2.76. The fourth-order valence-corrected chi connectivity index (χ4v) is 0. The first-order chi connectivity index (χ1) is 2.00. The van der Waals surface area contributed by atoms with Crippen molar-refractivity contribution in [1.29, 1.82) is 0 Å². The zero-order valence-electron chi connectivity index (χ0n) is 2.20. The van der Waals surface area contributed by atoms with Crippen molar-refractivity contribution in [2.75, 3.05) is 0 Å². The van der Waals surface area contributed by atoms with Gasteiger partial charge in [0.2, 0.25) is 0 Å². The van der Waals surface area contributed by atoms with Crippen LogP contribution in [0.3, 0.4) is 0 Å². The second-order valence-corrected chi connectivity index (χ2v) is 3.01. The molecule has 3 N–H and O–H groups in total. The van der Waals surface area contributed by atoms with Gasteiger partial charge >= 0.3 is 95.4 Å². The van der Waals surface area contributed by atoms with Gasteiger partial charge in [0.15, 0.2) is 0 Å². The quantitative estimate of drug-likeness (QED) is 0.283. The third-order valence-corrected chi connectivity index (χ3v) is 0. The van der Waals surface area contributed by atoms with Crippen LogP contribution in [0.15, 0.2) is 0 Å². The summed E-state index contributed by atoms with van der Waals surface area (Å²) in [5.74, 6) is 0. The third-order valence-electron chi connectivity index (χ3n) is 0. The summed E-state index contributed by atoms with van der Waals surface area (Å²) < 4.78 is 0. The zero-order chi connectivity index (χ0) is 4.50. The average Bonchev–Trinajstić information content (AvgIpc) is 0.722. The minimum absolute atomic E-state index is 0. The van der Waals surface area contributed by atoms with Crippen LogP contribution in [0, 0.1) is 0 Å². The van der Waals surface area contributed by atoms with E-state index in [0.29, 0.717) is 0 Å². The fraction of sp³-hybridized carbons (Fsp3) is 0. The Morgan fingerprint density at radius 3 is 0.875 bits per heavy atom. The standard InChI is InChI=1S/3Na.H3O3PS.3H/c;;;1-4(2,3)5;;;/h;;;(H3,1,2,3,5);;;. The molecule has 0 radical (unpaired) electrons. The summed E-state index contributed by atoms with van der Waals surface area (Å²) in [7, 11) is 0. The monoisotopic (exact) mass is 186 g/mol. The second-order valence-electron chi connectivity index (χ2n) is 0.513. The number of hydrogen-bond donors (Lipinski definition) is 3. The normalized spacial score (nSPS) is 7.38. The Balaban J connectivity index is -0.0000000267. The summed E-state index contributed by atoms with van der Waals surface area (Å²) in [5.41, 5.74) is 0. The van der Waals surface area contributed by atoms with E-state index in [4.69, 9.17) is 14.7 Å². The molecule has 3 nitrogen and oxygen atoms in total. The topological polar surface area (TPSA) is 60.7 Å². The maximum atomic E-state index is 7.56. The van der Waals surface area contributed by atoms with Crippen molar-refractivity contribution >= 4 is 107 Å². The number of hydrogen-bond acceptors (Lipinski definition) is 1. The summed E-state index contributed by atoms with van der Waals surface area (Å²) in [5, 5.41) is 0. The molecular weight excluding hydrogens is 180 g/mol. The van der Waals surface area contributed by atoms with Crippen LogP contribution in [0.4, 0.5) is 0 Å². The van der Waals surface area contributed by atoms with E-state index in [1.54, 1.807) is 0 Å². The first-order valence-corrected chi connectivity index (χ1v) is 3.44. The van der Waals surface area contributed by atoms with Crippen molar-refractivity contribution < 1.29 is 14.7 Å². The van der Waals surface area contributed by atoms with Crippen molar-refractivity contribution in [3.05, 3.63) is 0 Å². The van der Waals surface area contributed by atoms with E-state index in [9.17, 15) is 0 Å². The summed E-state index contributed by atoms with van der Waals surface area (Å²) in [6, 6.07) is 0. The van der Waals surface area contributed by atoms with Gasteiger partial charge in [-0.05, 0) is 11.8 Å². The fourth-order valence-electron chi connectivity index (χ4n) is 0. The van der Waals surface area contributed by atoms with Gasteiger partial charge in [-0.3, -0.25) is 0 Å². The van der Waals surface area contributed by atoms with Crippen LogP contribution in [0.1, 0.15) is 0 Å². The Kier molecular flexibility index (Phi) is 29.7. The van der Waals surface area contributed by atoms with Crippen molar-refractivity contribution in [3.8, 4) is 0 Å². The molecule has 0 saturated carbocycles. The van der Waals surface area contributed by atoms with E-state index in [-0.39, 0.29) is 88.7 Å². The Bertz CT molecular complexity index is 60.7. The summed E-state index contributed by atoms with van der Waals surface area (Å²) in [4.78, 5) is 22.7. The summed E-state index contributed by atoms with van der Waals surface area (Å²) >= 11 is 3.60. The SMILES string of the molecule is OP(O)(O)=S.[NaH].[NaH].[NaH]. The molecule has 0 saturated heterocycles. The van der Waals surface area contributed by atoms with Crippen molar-refractivity contribution in [1.82, 2.24) is 0 Å². The van der Waals surface area contributed by atoms with Crippen LogP contribution >= 0.6 is 6.72 Å². The van der Waals surface area contributed by atoms with E-state index in [2.05, 4.69) is 11.8 Å². The average molecular weight is 186 g/mol. The van der Waals surface area contributed by atoms with Crippen LogP contribution in [0.2, 0.25) is 0 Å². The molecule has 38 valence electrons. The molecule has 0 aliphatic carbocycles. The van der Waals surface area contributed by atoms with Gasteiger partial charge < -0.3 is 14.7 Å². The second kappa shape index (κ2) is 10.5. The Hall–Kier alpha value is 3.53. The molecule has 0 aliphatic heterocycles. The molecule has 0 aromatic heterocycles. The van der Waals surface area contributed by atoms with Gasteiger partial charge in [0.05, 0.1) is 0 Å². The van der Waals surface area contributed by atoms with E-state index < -0.39 is 6.72 Å². The Morgan fingerprint density at radius 1 is 0.875 bits per heavy atom. The summed E-state index contributed by atoms with van der Waals surface area (Å²) in [6.07, 6.45) is 0. The van der Waals surface area contributed by atoms with Gasteiger partial charge in [-0.2, -0.15) is 0 Å². The van der Waals surface area contributed by atoms with E-state index in [1.165, 1.54) is 0 Å². The van der Waals surface area contributed by atoms with Crippen LogP contribution in [-0.2, 0) is 11.8 Å². The summed E-state index contributed by atoms with van der Waals surface area (Å²) in [6.45, 7) is -3.81. The van der Waals surface area contributed by atoms with Crippen molar-refractivity contribution in [2.24, 2.45) is 0 Å². The molecule has 0 aliphatic rings. The van der Waals surface area contributed by atoms with Gasteiger partial charge in [0.1, 0.15) is 0 Å². The van der Waals surface area contributed by atoms with Crippen LogP contribution in [0.25, 0.3) is 0 Å². The molecule has 0 fully saturated rings. The molecule has 8 heteroatoms. The van der Waals surface area contributed by atoms with Crippen molar-refractivity contribution in [3.63, 3.8) is 0 Å². The third kappa shape index (κ3) is 55.6. The maximum absolute atomic E-state index is 7.56.